The van der Waals surface area contributed by atoms with E-state index in [1.807, 2.05) is 19.9 Å². The Morgan fingerprint density at radius 3 is 2.20 bits per heavy atom. The second-order valence-electron chi connectivity index (χ2n) is 5.05. The molecular weight excluding hydrogens is 254 g/mol. The summed E-state index contributed by atoms with van der Waals surface area (Å²) in [5, 5.41) is 9.33. The molecule has 1 heterocycles. The van der Waals surface area contributed by atoms with Crippen LogP contribution in [0.1, 0.15) is 51.9 Å². The van der Waals surface area contributed by atoms with E-state index >= 15 is 0 Å². The Balaban J connectivity index is 2.56. The lowest BCUT2D eigenvalue weighted by molar-refractivity contribution is 0.0684. The van der Waals surface area contributed by atoms with Crippen LogP contribution in [0.5, 0.6) is 0 Å². The summed E-state index contributed by atoms with van der Waals surface area (Å²) in [5.74, 6) is -1.13. The Morgan fingerprint density at radius 1 is 1.15 bits per heavy atom. The van der Waals surface area contributed by atoms with Gasteiger partial charge in [-0.15, -0.1) is 0 Å². The Hall–Kier alpha value is -2.36. The number of carboxylic acids is 1. The first-order valence-corrected chi connectivity index (χ1v) is 6.46. The van der Waals surface area contributed by atoms with Crippen LogP contribution in [-0.2, 0) is 7.05 Å². The van der Waals surface area contributed by atoms with E-state index in [9.17, 15) is 14.7 Å². The van der Waals surface area contributed by atoms with Gasteiger partial charge in [0.1, 0.15) is 5.69 Å². The maximum absolute atomic E-state index is 12.5. The van der Waals surface area contributed by atoms with Gasteiger partial charge in [0.05, 0.1) is 5.69 Å². The summed E-state index contributed by atoms with van der Waals surface area (Å²) >= 11 is 0. The molecule has 0 unspecified atom stereocenters. The van der Waals surface area contributed by atoms with Crippen LogP contribution in [0.25, 0.3) is 0 Å². The van der Waals surface area contributed by atoms with Gasteiger partial charge >= 0.3 is 5.97 Å². The quantitative estimate of drug-likeness (QED) is 0.869. The maximum Gasteiger partial charge on any atom is 0.352 e. The van der Waals surface area contributed by atoms with Gasteiger partial charge in [-0.25, -0.2) is 4.79 Å². The first kappa shape index (κ1) is 14.1. The number of aromatic carboxylic acids is 1. The van der Waals surface area contributed by atoms with Gasteiger partial charge in [-0.05, 0) is 17.5 Å². The zero-order chi connectivity index (χ0) is 14.9. The predicted octanol–water partition coefficient (Wildman–Crippen LogP) is 3.08. The molecule has 1 N–H and O–H groups in total. The lowest BCUT2D eigenvalue weighted by atomic mass is 10.0. The van der Waals surface area contributed by atoms with E-state index in [2.05, 4.69) is 0 Å². The molecule has 0 aliphatic carbocycles. The van der Waals surface area contributed by atoms with Crippen LogP contribution in [0.2, 0.25) is 0 Å². The molecule has 0 amide bonds. The van der Waals surface area contributed by atoms with Gasteiger partial charge in [0.2, 0.25) is 5.78 Å². The third-order valence-electron chi connectivity index (χ3n) is 3.36. The summed E-state index contributed by atoms with van der Waals surface area (Å²) in [6, 6.07) is 10.6. The lowest BCUT2D eigenvalue weighted by Crippen LogP contribution is -2.12. The number of benzene rings is 1. The first-order chi connectivity index (χ1) is 9.43. The Kier molecular flexibility index (Phi) is 3.74. The number of hydrogen-bond acceptors (Lipinski definition) is 2. The fourth-order valence-corrected chi connectivity index (χ4v) is 2.29. The van der Waals surface area contributed by atoms with Crippen molar-refractivity contribution < 1.29 is 14.7 Å². The van der Waals surface area contributed by atoms with E-state index in [1.165, 1.54) is 4.57 Å². The predicted molar refractivity (Wildman–Crippen MR) is 76.3 cm³/mol. The number of carbonyl (C=O) groups excluding carboxylic acids is 1. The highest BCUT2D eigenvalue weighted by molar-refractivity contribution is 6.09. The topological polar surface area (TPSA) is 59.3 Å². The molecule has 1 aromatic carbocycles. The monoisotopic (exact) mass is 271 g/mol. The summed E-state index contributed by atoms with van der Waals surface area (Å²) in [4.78, 5) is 23.9. The zero-order valence-electron chi connectivity index (χ0n) is 11.8. The van der Waals surface area contributed by atoms with E-state index in [0.717, 1.165) is 0 Å². The van der Waals surface area contributed by atoms with Crippen LogP contribution in [0.15, 0.2) is 36.4 Å². The molecule has 0 fully saturated rings. The fourth-order valence-electron chi connectivity index (χ4n) is 2.29. The average Bonchev–Trinajstić information content (AvgIpc) is 2.77. The Labute approximate surface area is 117 Å². The first-order valence-electron chi connectivity index (χ1n) is 6.46. The van der Waals surface area contributed by atoms with Crippen LogP contribution in [0.4, 0.5) is 0 Å². The van der Waals surface area contributed by atoms with E-state index in [-0.39, 0.29) is 17.4 Å². The fraction of sp³-hybridized carbons (Fsp3) is 0.250. The third-order valence-corrected chi connectivity index (χ3v) is 3.36. The minimum absolute atomic E-state index is 0.0459. The molecule has 20 heavy (non-hydrogen) atoms. The summed E-state index contributed by atoms with van der Waals surface area (Å²) in [6.45, 7) is 3.83. The molecule has 1 aromatic heterocycles. The second-order valence-corrected chi connectivity index (χ2v) is 5.05. The number of aromatic nitrogens is 1. The maximum atomic E-state index is 12.5. The Morgan fingerprint density at radius 2 is 1.75 bits per heavy atom. The molecule has 2 rings (SSSR count). The van der Waals surface area contributed by atoms with E-state index in [1.54, 1.807) is 37.4 Å². The molecule has 0 aliphatic heterocycles. The third kappa shape index (κ3) is 2.37. The largest absolute Gasteiger partial charge is 0.477 e. The van der Waals surface area contributed by atoms with Gasteiger partial charge in [0.25, 0.3) is 0 Å². The molecule has 0 bridgehead atoms. The zero-order valence-corrected chi connectivity index (χ0v) is 11.8. The highest BCUT2D eigenvalue weighted by atomic mass is 16.4. The number of hydrogen-bond donors (Lipinski definition) is 1. The molecule has 4 nitrogen and oxygen atoms in total. The Bertz CT molecular complexity index is 654. The molecule has 4 heteroatoms. The van der Waals surface area contributed by atoms with Crippen LogP contribution in [-0.4, -0.2) is 21.4 Å². The highest BCUT2D eigenvalue weighted by Crippen LogP contribution is 2.24. The van der Waals surface area contributed by atoms with Crippen molar-refractivity contribution in [3.8, 4) is 0 Å². The van der Waals surface area contributed by atoms with Crippen molar-refractivity contribution in [2.24, 2.45) is 7.05 Å². The van der Waals surface area contributed by atoms with Crippen molar-refractivity contribution in [2.75, 3.05) is 0 Å². The minimum atomic E-state index is -1.01. The number of carboxylic acid groups (broad SMARTS) is 1. The van der Waals surface area contributed by atoms with E-state index in [4.69, 9.17) is 0 Å². The standard InChI is InChI=1S/C16H17NO3/c1-10(2)12-9-13(17(3)14(12)16(19)20)15(18)11-7-5-4-6-8-11/h4-10H,1-3H3,(H,19,20). The molecule has 0 spiro atoms. The number of rotatable bonds is 4. The van der Waals surface area contributed by atoms with Crippen molar-refractivity contribution in [3.63, 3.8) is 0 Å². The number of carbonyl (C=O) groups is 2. The highest BCUT2D eigenvalue weighted by Gasteiger charge is 2.24. The molecule has 0 radical (unpaired) electrons. The van der Waals surface area contributed by atoms with Gasteiger partial charge in [-0.2, -0.15) is 0 Å². The van der Waals surface area contributed by atoms with Gasteiger partial charge in [0.15, 0.2) is 0 Å². The number of ketones is 1. The van der Waals surface area contributed by atoms with Gasteiger partial charge in [0, 0.05) is 12.6 Å². The average molecular weight is 271 g/mol. The molecule has 0 aliphatic rings. The normalized spacial score (nSPS) is 10.8. The minimum Gasteiger partial charge on any atom is -0.477 e. The van der Waals surface area contributed by atoms with Crippen molar-refractivity contribution in [1.29, 1.82) is 0 Å². The van der Waals surface area contributed by atoms with Crippen molar-refractivity contribution in [2.45, 2.75) is 19.8 Å². The van der Waals surface area contributed by atoms with Crippen LogP contribution in [0, 0.1) is 0 Å². The SMILES string of the molecule is CC(C)c1cc(C(=O)c2ccccc2)n(C)c1C(=O)O. The van der Waals surface area contributed by atoms with Gasteiger partial charge < -0.3 is 9.67 Å². The second kappa shape index (κ2) is 5.33. The molecule has 0 atom stereocenters. The molecule has 104 valence electrons. The van der Waals surface area contributed by atoms with Crippen LogP contribution < -0.4 is 0 Å². The van der Waals surface area contributed by atoms with Gasteiger partial charge in [-0.1, -0.05) is 44.2 Å². The smallest absolute Gasteiger partial charge is 0.352 e. The van der Waals surface area contributed by atoms with Crippen molar-refractivity contribution >= 4 is 11.8 Å². The van der Waals surface area contributed by atoms with Crippen molar-refractivity contribution in [3.05, 3.63) is 58.9 Å². The van der Waals surface area contributed by atoms with Gasteiger partial charge in [-0.3, -0.25) is 4.79 Å². The summed E-state index contributed by atoms with van der Waals surface area (Å²) in [6.07, 6.45) is 0. The summed E-state index contributed by atoms with van der Waals surface area (Å²) in [5.41, 5.74) is 1.82. The van der Waals surface area contributed by atoms with Crippen LogP contribution >= 0.6 is 0 Å². The molecule has 0 saturated heterocycles. The van der Waals surface area contributed by atoms with Crippen molar-refractivity contribution in [1.82, 2.24) is 4.57 Å². The molecule has 0 saturated carbocycles. The number of nitrogens with zero attached hydrogens (tertiary/aromatic N) is 1. The molecule has 2 aromatic rings. The lowest BCUT2D eigenvalue weighted by Gasteiger charge is -2.06. The summed E-state index contributed by atoms with van der Waals surface area (Å²) < 4.78 is 1.47. The van der Waals surface area contributed by atoms with E-state index in [0.29, 0.717) is 16.8 Å². The van der Waals surface area contributed by atoms with Crippen LogP contribution in [0.3, 0.4) is 0 Å². The molecular formula is C16H17NO3. The van der Waals surface area contributed by atoms with E-state index < -0.39 is 5.97 Å². The summed E-state index contributed by atoms with van der Waals surface area (Å²) in [7, 11) is 1.62.